The number of pyridine rings is 1. The van der Waals surface area contributed by atoms with Gasteiger partial charge in [-0.3, -0.25) is 0 Å². The first-order valence-electron chi connectivity index (χ1n) is 11.4. The first kappa shape index (κ1) is 26.7. The molecule has 5 heteroatoms. The molecule has 0 fully saturated rings. The van der Waals surface area contributed by atoms with E-state index in [0.717, 1.165) is 42.9 Å². The van der Waals surface area contributed by atoms with Crippen LogP contribution in [0.1, 0.15) is 51.7 Å². The number of nitrogen functional groups attached to an aromatic ring is 1. The first-order chi connectivity index (χ1) is 15.5. The van der Waals surface area contributed by atoms with Crippen molar-refractivity contribution in [2.24, 2.45) is 0 Å². The van der Waals surface area contributed by atoms with Gasteiger partial charge in [-0.15, -0.1) is 0 Å². The van der Waals surface area contributed by atoms with Crippen LogP contribution in [-0.2, 0) is 0 Å². The normalized spacial score (nSPS) is 9.53. The number of nitrogens with one attached hydrogen (secondary N) is 1. The van der Waals surface area contributed by atoms with Gasteiger partial charge < -0.3 is 20.8 Å². The van der Waals surface area contributed by atoms with Gasteiger partial charge in [-0.25, -0.2) is 0 Å². The van der Waals surface area contributed by atoms with E-state index in [1.54, 1.807) is 0 Å². The number of hydrogen-bond donors (Lipinski definition) is 2. The Kier molecular flexibility index (Phi) is 12.9. The van der Waals surface area contributed by atoms with E-state index >= 15 is 0 Å². The fraction of sp³-hybridized carbons (Fsp3) is 0.333. The fourth-order valence-corrected chi connectivity index (χ4v) is 3.03. The molecular weight excluding hydrogens is 396 g/mol. The lowest BCUT2D eigenvalue weighted by atomic mass is 10.2. The van der Waals surface area contributed by atoms with Crippen molar-refractivity contribution in [1.82, 2.24) is 4.98 Å². The zero-order valence-corrected chi connectivity index (χ0v) is 20.1. The number of nitrogens with zero attached hydrogens (tertiary/aromatic N) is 2. The van der Waals surface area contributed by atoms with Crippen LogP contribution in [0.2, 0.25) is 0 Å². The number of hydrogen-bond acceptors (Lipinski definition) is 5. The van der Waals surface area contributed by atoms with Crippen LogP contribution >= 0.6 is 0 Å². The zero-order chi connectivity index (χ0) is 23.8. The highest BCUT2D eigenvalue weighted by atomic mass is 16.5. The summed E-state index contributed by atoms with van der Waals surface area (Å²) >= 11 is 0. The van der Waals surface area contributed by atoms with E-state index < -0.39 is 0 Å². The molecule has 0 radical (unpaired) electrons. The van der Waals surface area contributed by atoms with Crippen LogP contribution in [0.25, 0.3) is 0 Å². The van der Waals surface area contributed by atoms with Gasteiger partial charge in [0.25, 0.3) is 0 Å². The molecule has 0 aliphatic rings. The number of ether oxygens (including phenoxy) is 1. The van der Waals surface area contributed by atoms with Gasteiger partial charge in [-0.05, 0) is 37.5 Å². The Morgan fingerprint density at radius 3 is 2.12 bits per heavy atom. The summed E-state index contributed by atoms with van der Waals surface area (Å²) in [6, 6.07) is 21.4. The molecule has 1 aromatic heterocycles. The molecular formula is C27H38N4O. The average Bonchev–Trinajstić information content (AvgIpc) is 2.81. The summed E-state index contributed by atoms with van der Waals surface area (Å²) in [7, 11) is 0. The molecule has 0 spiro atoms. The van der Waals surface area contributed by atoms with Crippen molar-refractivity contribution in [3.8, 4) is 11.6 Å². The van der Waals surface area contributed by atoms with Crippen LogP contribution in [0.3, 0.4) is 0 Å². The van der Waals surface area contributed by atoms with Crippen molar-refractivity contribution in [2.45, 2.75) is 47.5 Å². The Hall–Kier alpha value is -3.34. The summed E-state index contributed by atoms with van der Waals surface area (Å²) in [6.07, 6.45) is 3.54. The van der Waals surface area contributed by atoms with Crippen LogP contribution in [0.5, 0.6) is 11.6 Å². The number of nitrogens with two attached hydrogens (primary N) is 1. The van der Waals surface area contributed by atoms with Crippen LogP contribution in [0.15, 0.2) is 66.7 Å². The van der Waals surface area contributed by atoms with E-state index in [0.29, 0.717) is 11.7 Å². The highest BCUT2D eigenvalue weighted by Gasteiger charge is 2.09. The second-order valence-electron chi connectivity index (χ2n) is 7.05. The van der Waals surface area contributed by atoms with E-state index in [-0.39, 0.29) is 0 Å². The molecule has 2 aromatic carbocycles. The average molecular weight is 435 g/mol. The molecule has 0 saturated heterocycles. The van der Waals surface area contributed by atoms with Crippen molar-refractivity contribution < 1.29 is 4.74 Å². The first-order valence-corrected chi connectivity index (χ1v) is 11.4. The third-order valence-corrected chi connectivity index (χ3v) is 4.33. The van der Waals surface area contributed by atoms with Gasteiger partial charge in [0.05, 0.1) is 0 Å². The second-order valence-corrected chi connectivity index (χ2v) is 7.05. The minimum absolute atomic E-state index is 0.482. The molecule has 3 N–H and O–H groups in total. The van der Waals surface area contributed by atoms with Crippen molar-refractivity contribution in [2.75, 3.05) is 23.7 Å². The van der Waals surface area contributed by atoms with Gasteiger partial charge in [0.1, 0.15) is 11.6 Å². The van der Waals surface area contributed by atoms with Gasteiger partial charge in [-0.2, -0.15) is 4.98 Å². The molecule has 0 unspecified atom stereocenters. The molecule has 0 bridgehead atoms. The predicted molar refractivity (Wildman–Crippen MR) is 138 cm³/mol. The van der Waals surface area contributed by atoms with Crippen molar-refractivity contribution in [1.29, 1.82) is 5.41 Å². The monoisotopic (exact) mass is 434 g/mol. The van der Waals surface area contributed by atoms with E-state index in [2.05, 4.69) is 23.7 Å². The molecule has 0 aliphatic heterocycles. The van der Waals surface area contributed by atoms with Crippen LogP contribution in [0, 0.1) is 12.3 Å². The number of para-hydroxylation sites is 1. The van der Waals surface area contributed by atoms with Gasteiger partial charge in [-0.1, -0.05) is 75.7 Å². The Balaban J connectivity index is 0.000000388. The lowest BCUT2D eigenvalue weighted by Crippen LogP contribution is -2.25. The maximum absolute atomic E-state index is 6.92. The number of aryl methyl sites for hydroxylation is 1. The molecule has 32 heavy (non-hydrogen) atoms. The molecule has 0 aliphatic carbocycles. The summed E-state index contributed by atoms with van der Waals surface area (Å²) < 4.78 is 5.79. The highest BCUT2D eigenvalue weighted by Crippen LogP contribution is 2.26. The van der Waals surface area contributed by atoms with Crippen molar-refractivity contribution in [3.05, 3.63) is 77.9 Å². The van der Waals surface area contributed by atoms with E-state index in [1.165, 1.54) is 11.8 Å². The number of rotatable bonds is 8. The van der Waals surface area contributed by atoms with Gasteiger partial charge in [0, 0.05) is 37.1 Å². The highest BCUT2D eigenvalue weighted by molar-refractivity contribution is 5.76. The number of anilines is 2. The van der Waals surface area contributed by atoms with E-state index in [1.807, 2.05) is 87.5 Å². The van der Waals surface area contributed by atoms with Crippen LogP contribution < -0.4 is 15.4 Å². The topological polar surface area (TPSA) is 75.2 Å². The largest absolute Gasteiger partial charge is 0.439 e. The Labute approximate surface area is 193 Å². The van der Waals surface area contributed by atoms with Crippen LogP contribution in [0.4, 0.5) is 11.5 Å². The lowest BCUT2D eigenvalue weighted by Gasteiger charge is -2.24. The molecule has 0 atom stereocenters. The lowest BCUT2D eigenvalue weighted by molar-refractivity contribution is 0.463. The maximum atomic E-state index is 6.92. The minimum Gasteiger partial charge on any atom is -0.439 e. The maximum Gasteiger partial charge on any atom is 0.223 e. The summed E-state index contributed by atoms with van der Waals surface area (Å²) in [6.45, 7) is 12.4. The Morgan fingerprint density at radius 2 is 1.59 bits per heavy atom. The Morgan fingerprint density at radius 1 is 0.938 bits per heavy atom. The zero-order valence-electron chi connectivity index (χ0n) is 20.1. The summed E-state index contributed by atoms with van der Waals surface area (Å²) in [5.74, 6) is 1.78. The van der Waals surface area contributed by atoms with Gasteiger partial charge in [0.2, 0.25) is 5.88 Å². The van der Waals surface area contributed by atoms with Gasteiger partial charge >= 0.3 is 0 Å². The fourth-order valence-electron chi connectivity index (χ4n) is 3.03. The van der Waals surface area contributed by atoms with Crippen molar-refractivity contribution in [3.63, 3.8) is 0 Å². The number of aromatic nitrogens is 1. The quantitative estimate of drug-likeness (QED) is 0.371. The minimum atomic E-state index is 0.482. The predicted octanol–water partition coefficient (Wildman–Crippen LogP) is 7.10. The summed E-state index contributed by atoms with van der Waals surface area (Å²) in [4.78, 5) is 6.58. The van der Waals surface area contributed by atoms with E-state index in [4.69, 9.17) is 15.9 Å². The summed E-state index contributed by atoms with van der Waals surface area (Å²) in [5.41, 5.74) is 9.16. The summed E-state index contributed by atoms with van der Waals surface area (Å²) in [5, 5.41) is 6.92. The third-order valence-electron chi connectivity index (χ3n) is 4.33. The molecule has 3 rings (SSSR count). The molecule has 1 heterocycles. The SMILES string of the molecule is CC.CCCN(CCC)c1cc(N)nc(Oc2ccccc2)c1.Cc1cccc(C=N)c1. The molecule has 0 amide bonds. The smallest absolute Gasteiger partial charge is 0.223 e. The molecule has 3 aromatic rings. The molecule has 172 valence electrons. The van der Waals surface area contributed by atoms with E-state index in [9.17, 15) is 0 Å². The standard InChI is InChI=1S/C17H23N3O.C8H9N.C2H6/c1-3-10-20(11-4-2)14-12-16(18)19-17(13-14)21-15-8-6-5-7-9-15;1-7-3-2-4-8(5-7)6-9;1-2/h5-9,12-13H,3-4,10-11H2,1-2H3,(H2,18,19);2-6,9H,1H3;1-2H3. The molecule has 5 nitrogen and oxygen atoms in total. The molecule has 0 saturated carbocycles. The van der Waals surface area contributed by atoms with Crippen molar-refractivity contribution >= 4 is 17.7 Å². The van der Waals surface area contributed by atoms with Gasteiger partial charge in [0.15, 0.2) is 0 Å². The third kappa shape index (κ3) is 9.65. The second kappa shape index (κ2) is 15.5. The number of benzene rings is 2. The van der Waals surface area contributed by atoms with Crippen LogP contribution in [-0.4, -0.2) is 24.3 Å². The Bertz CT molecular complexity index is 907.